The zero-order chi connectivity index (χ0) is 21.8. The molecule has 0 aliphatic carbocycles. The second-order valence-electron chi connectivity index (χ2n) is 6.79. The fourth-order valence-electron chi connectivity index (χ4n) is 2.98. The summed E-state index contributed by atoms with van der Waals surface area (Å²) < 4.78 is 10.5. The Balaban J connectivity index is 1.40. The van der Waals surface area contributed by atoms with Crippen LogP contribution >= 0.6 is 0 Å². The molecule has 2 N–H and O–H groups in total. The monoisotopic (exact) mass is 416 g/mol. The molecule has 156 valence electrons. The van der Waals surface area contributed by atoms with Crippen LogP contribution in [0.5, 0.6) is 5.75 Å². The van der Waals surface area contributed by atoms with Gasteiger partial charge in [-0.05, 0) is 68.4 Å². The molecule has 0 saturated carbocycles. The Hall–Kier alpha value is -4.20. The molecule has 4 rings (SSSR count). The summed E-state index contributed by atoms with van der Waals surface area (Å²) in [7, 11) is 0. The number of carbonyl (C=O) groups is 2. The van der Waals surface area contributed by atoms with E-state index in [1.807, 2.05) is 6.92 Å². The number of nitrogens with one attached hydrogen (secondary N) is 2. The van der Waals surface area contributed by atoms with Crippen molar-refractivity contribution in [2.75, 3.05) is 17.2 Å². The van der Waals surface area contributed by atoms with Crippen LogP contribution in [-0.2, 0) is 0 Å². The zero-order valence-corrected chi connectivity index (χ0v) is 17.0. The van der Waals surface area contributed by atoms with Gasteiger partial charge in [0.2, 0.25) is 0 Å². The van der Waals surface area contributed by atoms with Crippen LogP contribution in [0.15, 0.2) is 65.3 Å². The number of hydrogen-bond acceptors (Lipinski definition) is 6. The normalized spacial score (nSPS) is 10.6. The Morgan fingerprint density at radius 3 is 2.19 bits per heavy atom. The molecule has 0 radical (unpaired) electrons. The second-order valence-corrected chi connectivity index (χ2v) is 6.79. The van der Waals surface area contributed by atoms with Gasteiger partial charge < -0.3 is 19.9 Å². The van der Waals surface area contributed by atoms with Crippen molar-refractivity contribution in [2.45, 2.75) is 13.8 Å². The lowest BCUT2D eigenvalue weighted by atomic mass is 10.1. The Kier molecular flexibility index (Phi) is 5.61. The van der Waals surface area contributed by atoms with Crippen LogP contribution in [0.1, 0.15) is 33.3 Å². The van der Waals surface area contributed by atoms with Crippen LogP contribution in [0, 0.1) is 6.92 Å². The molecule has 0 aliphatic heterocycles. The number of ether oxygens (including phenoxy) is 1. The second kappa shape index (κ2) is 8.66. The van der Waals surface area contributed by atoms with Gasteiger partial charge in [-0.25, -0.2) is 4.98 Å². The number of anilines is 2. The molecule has 0 aliphatic rings. The highest BCUT2D eigenvalue weighted by atomic mass is 16.5. The van der Waals surface area contributed by atoms with Crippen molar-refractivity contribution in [2.24, 2.45) is 0 Å². The summed E-state index contributed by atoms with van der Waals surface area (Å²) in [6.45, 7) is 4.28. The van der Waals surface area contributed by atoms with Gasteiger partial charge in [-0.1, -0.05) is 5.16 Å². The fraction of sp³-hybridized carbons (Fsp3) is 0.130. The molecule has 2 heterocycles. The van der Waals surface area contributed by atoms with Crippen molar-refractivity contribution < 1.29 is 18.8 Å². The van der Waals surface area contributed by atoms with E-state index in [1.165, 1.54) is 6.20 Å². The number of fused-ring (bicyclic) bond motifs is 1. The Bertz CT molecular complexity index is 1230. The third-order valence-corrected chi connectivity index (χ3v) is 4.60. The number of aromatic nitrogens is 2. The molecule has 2 aromatic heterocycles. The van der Waals surface area contributed by atoms with E-state index >= 15 is 0 Å². The van der Waals surface area contributed by atoms with Crippen LogP contribution in [-0.4, -0.2) is 28.6 Å². The molecule has 2 amide bonds. The van der Waals surface area contributed by atoms with Crippen molar-refractivity contribution in [1.29, 1.82) is 0 Å². The Labute approximate surface area is 178 Å². The van der Waals surface area contributed by atoms with Gasteiger partial charge in [0, 0.05) is 23.1 Å². The average Bonchev–Trinajstić information content (AvgIpc) is 3.16. The Morgan fingerprint density at radius 1 is 0.935 bits per heavy atom. The maximum absolute atomic E-state index is 12.5. The standard InChI is InChI=1S/C23H20N4O4/c1-3-30-19-10-8-18(9-11-19)25-21(28)15-4-6-17(7-5-15)26-22(29)16-12-20-14(2)27-31-23(20)24-13-16/h4-13H,3H2,1-2H3,(H,25,28)(H,26,29). The first-order valence-electron chi connectivity index (χ1n) is 9.71. The molecule has 0 atom stereocenters. The first-order chi connectivity index (χ1) is 15.0. The van der Waals surface area contributed by atoms with Gasteiger partial charge in [0.15, 0.2) is 0 Å². The average molecular weight is 416 g/mol. The summed E-state index contributed by atoms with van der Waals surface area (Å²) in [4.78, 5) is 29.1. The van der Waals surface area contributed by atoms with E-state index in [1.54, 1.807) is 61.5 Å². The van der Waals surface area contributed by atoms with E-state index in [9.17, 15) is 9.59 Å². The highest BCUT2D eigenvalue weighted by molar-refractivity contribution is 6.07. The number of aryl methyl sites for hydroxylation is 1. The smallest absolute Gasteiger partial charge is 0.257 e. The molecule has 2 aromatic carbocycles. The summed E-state index contributed by atoms with van der Waals surface area (Å²) in [5.41, 5.74) is 3.13. The summed E-state index contributed by atoms with van der Waals surface area (Å²) in [6, 6.07) is 15.5. The lowest BCUT2D eigenvalue weighted by Crippen LogP contribution is -2.14. The van der Waals surface area contributed by atoms with Crippen LogP contribution in [0.4, 0.5) is 11.4 Å². The molecule has 0 spiro atoms. The highest BCUT2D eigenvalue weighted by Crippen LogP contribution is 2.19. The predicted molar refractivity (Wildman–Crippen MR) is 117 cm³/mol. The lowest BCUT2D eigenvalue weighted by Gasteiger charge is -2.09. The van der Waals surface area contributed by atoms with Crippen LogP contribution < -0.4 is 15.4 Å². The molecule has 0 saturated heterocycles. The first-order valence-corrected chi connectivity index (χ1v) is 9.71. The molecule has 8 nitrogen and oxygen atoms in total. The van der Waals surface area contributed by atoms with Gasteiger partial charge >= 0.3 is 0 Å². The SMILES string of the molecule is CCOc1ccc(NC(=O)c2ccc(NC(=O)c3cnc4onc(C)c4c3)cc2)cc1. The van der Waals surface area contributed by atoms with E-state index in [0.717, 1.165) is 5.75 Å². The van der Waals surface area contributed by atoms with Crippen molar-refractivity contribution in [1.82, 2.24) is 10.1 Å². The Morgan fingerprint density at radius 2 is 1.55 bits per heavy atom. The molecule has 8 heteroatoms. The number of rotatable bonds is 6. The number of nitrogens with zero attached hydrogens (tertiary/aromatic N) is 2. The minimum absolute atomic E-state index is 0.250. The van der Waals surface area contributed by atoms with Crippen molar-refractivity contribution >= 4 is 34.3 Å². The van der Waals surface area contributed by atoms with E-state index in [0.29, 0.717) is 45.9 Å². The highest BCUT2D eigenvalue weighted by Gasteiger charge is 2.12. The zero-order valence-electron chi connectivity index (χ0n) is 17.0. The molecule has 31 heavy (non-hydrogen) atoms. The minimum Gasteiger partial charge on any atom is -0.494 e. The van der Waals surface area contributed by atoms with E-state index in [-0.39, 0.29) is 11.8 Å². The predicted octanol–water partition coefficient (Wildman–Crippen LogP) is 4.43. The fourth-order valence-corrected chi connectivity index (χ4v) is 2.98. The quantitative estimate of drug-likeness (QED) is 0.481. The van der Waals surface area contributed by atoms with Gasteiger partial charge in [0.05, 0.1) is 23.3 Å². The van der Waals surface area contributed by atoms with Crippen LogP contribution in [0.3, 0.4) is 0 Å². The number of hydrogen-bond donors (Lipinski definition) is 2. The maximum Gasteiger partial charge on any atom is 0.257 e. The van der Waals surface area contributed by atoms with Crippen molar-refractivity contribution in [3.05, 3.63) is 77.6 Å². The summed E-state index contributed by atoms with van der Waals surface area (Å²) in [6.07, 6.45) is 1.43. The van der Waals surface area contributed by atoms with Gasteiger partial charge in [-0.3, -0.25) is 9.59 Å². The van der Waals surface area contributed by atoms with Crippen LogP contribution in [0.25, 0.3) is 11.1 Å². The summed E-state index contributed by atoms with van der Waals surface area (Å²) >= 11 is 0. The van der Waals surface area contributed by atoms with Gasteiger partial charge in [0.1, 0.15) is 5.75 Å². The topological polar surface area (TPSA) is 106 Å². The van der Waals surface area contributed by atoms with E-state index in [4.69, 9.17) is 9.26 Å². The van der Waals surface area contributed by atoms with Gasteiger partial charge in [-0.2, -0.15) is 0 Å². The number of amides is 2. The third kappa shape index (κ3) is 4.53. The van der Waals surface area contributed by atoms with E-state index in [2.05, 4.69) is 20.8 Å². The molecule has 0 fully saturated rings. The van der Waals surface area contributed by atoms with E-state index < -0.39 is 0 Å². The summed E-state index contributed by atoms with van der Waals surface area (Å²) in [5, 5.41) is 10.1. The largest absolute Gasteiger partial charge is 0.494 e. The molecular weight excluding hydrogens is 396 g/mol. The molecule has 0 bridgehead atoms. The number of benzene rings is 2. The maximum atomic E-state index is 12.5. The first kappa shape index (κ1) is 20.1. The van der Waals surface area contributed by atoms with Crippen molar-refractivity contribution in [3.8, 4) is 5.75 Å². The van der Waals surface area contributed by atoms with Gasteiger partial charge in [0.25, 0.3) is 17.5 Å². The number of carbonyl (C=O) groups excluding carboxylic acids is 2. The third-order valence-electron chi connectivity index (χ3n) is 4.60. The molecular formula is C23H20N4O4. The van der Waals surface area contributed by atoms with Crippen LogP contribution in [0.2, 0.25) is 0 Å². The molecule has 0 unspecified atom stereocenters. The lowest BCUT2D eigenvalue weighted by molar-refractivity contribution is 0.101. The molecule has 4 aromatic rings. The van der Waals surface area contributed by atoms with Crippen molar-refractivity contribution in [3.63, 3.8) is 0 Å². The van der Waals surface area contributed by atoms with Gasteiger partial charge in [-0.15, -0.1) is 0 Å². The summed E-state index contributed by atoms with van der Waals surface area (Å²) in [5.74, 6) is 0.176. The minimum atomic E-state index is -0.318. The number of pyridine rings is 1.